The molecule has 0 aliphatic heterocycles. The second-order valence-electron chi connectivity index (χ2n) is 4.64. The van der Waals surface area contributed by atoms with Crippen LogP contribution in [0.3, 0.4) is 0 Å². The molecular formula is C15H20N2O. The van der Waals surface area contributed by atoms with Gasteiger partial charge in [0.25, 0.3) is 0 Å². The van der Waals surface area contributed by atoms with Gasteiger partial charge in [-0.15, -0.1) is 0 Å². The van der Waals surface area contributed by atoms with Crippen molar-refractivity contribution in [3.05, 3.63) is 52.7 Å². The highest BCUT2D eigenvalue weighted by Crippen LogP contribution is 2.25. The SMILES string of the molecule is CCNC(c1coc(C)n1)c1ccc(C)cc1C. The fraction of sp³-hybridized carbons (Fsp3) is 0.400. The van der Waals surface area contributed by atoms with Crippen LogP contribution >= 0.6 is 0 Å². The number of rotatable bonds is 4. The summed E-state index contributed by atoms with van der Waals surface area (Å²) in [4.78, 5) is 4.44. The van der Waals surface area contributed by atoms with E-state index in [2.05, 4.69) is 49.3 Å². The third-order valence-corrected chi connectivity index (χ3v) is 3.08. The molecule has 18 heavy (non-hydrogen) atoms. The topological polar surface area (TPSA) is 38.1 Å². The molecule has 0 aliphatic rings. The summed E-state index contributed by atoms with van der Waals surface area (Å²) in [6.45, 7) is 9.11. The van der Waals surface area contributed by atoms with Crippen molar-refractivity contribution in [1.29, 1.82) is 0 Å². The van der Waals surface area contributed by atoms with Gasteiger partial charge in [0, 0.05) is 6.92 Å². The zero-order valence-corrected chi connectivity index (χ0v) is 11.4. The number of hydrogen-bond donors (Lipinski definition) is 1. The Morgan fingerprint density at radius 2 is 2.06 bits per heavy atom. The number of hydrogen-bond acceptors (Lipinski definition) is 3. The van der Waals surface area contributed by atoms with Gasteiger partial charge in [-0.25, -0.2) is 4.98 Å². The van der Waals surface area contributed by atoms with Crippen molar-refractivity contribution in [3.63, 3.8) is 0 Å². The maximum atomic E-state index is 5.33. The average Bonchev–Trinajstić information content (AvgIpc) is 2.73. The van der Waals surface area contributed by atoms with Gasteiger partial charge in [0.1, 0.15) is 12.0 Å². The van der Waals surface area contributed by atoms with Gasteiger partial charge >= 0.3 is 0 Å². The molecule has 2 rings (SSSR count). The van der Waals surface area contributed by atoms with E-state index in [9.17, 15) is 0 Å². The summed E-state index contributed by atoms with van der Waals surface area (Å²) in [6, 6.07) is 6.61. The summed E-state index contributed by atoms with van der Waals surface area (Å²) in [5.74, 6) is 0.706. The van der Waals surface area contributed by atoms with E-state index in [-0.39, 0.29) is 6.04 Å². The fourth-order valence-electron chi connectivity index (χ4n) is 2.24. The summed E-state index contributed by atoms with van der Waals surface area (Å²) in [5.41, 5.74) is 4.77. The van der Waals surface area contributed by atoms with E-state index in [0.29, 0.717) is 5.89 Å². The van der Waals surface area contributed by atoms with E-state index in [1.807, 2.05) is 6.92 Å². The molecule has 0 bridgehead atoms. The average molecular weight is 244 g/mol. The fourth-order valence-corrected chi connectivity index (χ4v) is 2.24. The Morgan fingerprint density at radius 3 is 2.61 bits per heavy atom. The van der Waals surface area contributed by atoms with Gasteiger partial charge in [0.2, 0.25) is 0 Å². The largest absolute Gasteiger partial charge is 0.449 e. The lowest BCUT2D eigenvalue weighted by molar-refractivity contribution is 0.518. The normalized spacial score (nSPS) is 12.7. The number of oxazole rings is 1. The lowest BCUT2D eigenvalue weighted by Crippen LogP contribution is -2.23. The molecule has 0 aliphatic carbocycles. The molecule has 1 aromatic heterocycles. The number of nitrogens with zero attached hydrogens (tertiary/aromatic N) is 1. The Morgan fingerprint density at radius 1 is 1.28 bits per heavy atom. The molecule has 3 nitrogen and oxygen atoms in total. The molecule has 2 aromatic rings. The Bertz CT molecular complexity index is 531. The monoisotopic (exact) mass is 244 g/mol. The maximum absolute atomic E-state index is 5.33. The molecule has 1 unspecified atom stereocenters. The van der Waals surface area contributed by atoms with Crippen molar-refractivity contribution in [1.82, 2.24) is 10.3 Å². The van der Waals surface area contributed by atoms with Crippen LogP contribution in [0.2, 0.25) is 0 Å². The minimum Gasteiger partial charge on any atom is -0.449 e. The van der Waals surface area contributed by atoms with E-state index in [1.54, 1.807) is 6.26 Å². The van der Waals surface area contributed by atoms with Gasteiger partial charge < -0.3 is 9.73 Å². The lowest BCUT2D eigenvalue weighted by atomic mass is 9.97. The Balaban J connectivity index is 2.41. The smallest absolute Gasteiger partial charge is 0.191 e. The van der Waals surface area contributed by atoms with Crippen molar-refractivity contribution in [2.75, 3.05) is 6.54 Å². The van der Waals surface area contributed by atoms with Crippen LogP contribution in [0.25, 0.3) is 0 Å². The van der Waals surface area contributed by atoms with E-state index >= 15 is 0 Å². The first-order chi connectivity index (χ1) is 8.61. The number of benzene rings is 1. The molecule has 0 saturated heterocycles. The van der Waals surface area contributed by atoms with Gasteiger partial charge in [-0.1, -0.05) is 30.7 Å². The molecule has 1 aromatic carbocycles. The van der Waals surface area contributed by atoms with E-state index in [0.717, 1.165) is 12.2 Å². The molecule has 0 saturated carbocycles. The van der Waals surface area contributed by atoms with Crippen LogP contribution in [0.4, 0.5) is 0 Å². The molecular weight excluding hydrogens is 224 g/mol. The summed E-state index contributed by atoms with van der Waals surface area (Å²) in [7, 11) is 0. The van der Waals surface area contributed by atoms with Crippen LogP contribution in [-0.4, -0.2) is 11.5 Å². The van der Waals surface area contributed by atoms with Crippen LogP contribution in [-0.2, 0) is 0 Å². The predicted octanol–water partition coefficient (Wildman–Crippen LogP) is 3.30. The third kappa shape index (κ3) is 2.62. The zero-order valence-electron chi connectivity index (χ0n) is 11.4. The molecule has 1 atom stereocenters. The highest BCUT2D eigenvalue weighted by Gasteiger charge is 2.18. The van der Waals surface area contributed by atoms with Crippen LogP contribution in [0.15, 0.2) is 28.9 Å². The van der Waals surface area contributed by atoms with Gasteiger partial charge in [0.15, 0.2) is 5.89 Å². The van der Waals surface area contributed by atoms with E-state index < -0.39 is 0 Å². The summed E-state index contributed by atoms with van der Waals surface area (Å²) in [5, 5.41) is 3.47. The molecule has 0 fully saturated rings. The van der Waals surface area contributed by atoms with Crippen LogP contribution in [0, 0.1) is 20.8 Å². The van der Waals surface area contributed by atoms with Crippen molar-refractivity contribution in [3.8, 4) is 0 Å². The number of aromatic nitrogens is 1. The predicted molar refractivity (Wildman–Crippen MR) is 72.7 cm³/mol. The summed E-state index contributed by atoms with van der Waals surface area (Å²) in [6.07, 6.45) is 1.74. The van der Waals surface area contributed by atoms with E-state index in [1.165, 1.54) is 16.7 Å². The van der Waals surface area contributed by atoms with Crippen LogP contribution in [0.1, 0.15) is 41.2 Å². The highest BCUT2D eigenvalue weighted by atomic mass is 16.3. The van der Waals surface area contributed by atoms with Gasteiger partial charge in [-0.05, 0) is 31.5 Å². The van der Waals surface area contributed by atoms with E-state index in [4.69, 9.17) is 4.42 Å². The third-order valence-electron chi connectivity index (χ3n) is 3.08. The first-order valence-electron chi connectivity index (χ1n) is 6.34. The Labute approximate surface area is 108 Å². The Kier molecular flexibility index (Phi) is 3.82. The molecule has 0 radical (unpaired) electrons. The quantitative estimate of drug-likeness (QED) is 0.896. The molecule has 96 valence electrons. The highest BCUT2D eigenvalue weighted by molar-refractivity contribution is 5.36. The van der Waals surface area contributed by atoms with Gasteiger partial charge in [-0.3, -0.25) is 0 Å². The lowest BCUT2D eigenvalue weighted by Gasteiger charge is -2.18. The van der Waals surface area contributed by atoms with Crippen molar-refractivity contribution in [2.45, 2.75) is 33.7 Å². The van der Waals surface area contributed by atoms with Gasteiger partial charge in [0.05, 0.1) is 6.04 Å². The first-order valence-corrected chi connectivity index (χ1v) is 6.34. The number of aryl methyl sites for hydroxylation is 3. The number of nitrogens with one attached hydrogen (secondary N) is 1. The molecule has 1 heterocycles. The standard InChI is InChI=1S/C15H20N2O/c1-5-16-15(14-9-18-12(4)17-14)13-7-6-10(2)8-11(13)3/h6-9,15-16H,5H2,1-4H3. The van der Waals surface area contributed by atoms with Crippen LogP contribution < -0.4 is 5.32 Å². The molecule has 3 heteroatoms. The minimum absolute atomic E-state index is 0.105. The first kappa shape index (κ1) is 12.8. The zero-order chi connectivity index (χ0) is 13.1. The minimum atomic E-state index is 0.105. The second kappa shape index (κ2) is 5.36. The second-order valence-corrected chi connectivity index (χ2v) is 4.64. The summed E-state index contributed by atoms with van der Waals surface area (Å²) < 4.78 is 5.33. The molecule has 0 spiro atoms. The maximum Gasteiger partial charge on any atom is 0.191 e. The van der Waals surface area contributed by atoms with Crippen molar-refractivity contribution < 1.29 is 4.42 Å². The Hall–Kier alpha value is -1.61. The van der Waals surface area contributed by atoms with Crippen LogP contribution in [0.5, 0.6) is 0 Å². The molecule has 0 amide bonds. The van der Waals surface area contributed by atoms with Crippen molar-refractivity contribution in [2.24, 2.45) is 0 Å². The van der Waals surface area contributed by atoms with Crippen molar-refractivity contribution >= 4 is 0 Å². The van der Waals surface area contributed by atoms with Gasteiger partial charge in [-0.2, -0.15) is 0 Å². The molecule has 1 N–H and O–H groups in total. The summed E-state index contributed by atoms with van der Waals surface area (Å²) >= 11 is 0.